The van der Waals surface area contributed by atoms with Crippen LogP contribution >= 0.6 is 0 Å². The molecule has 0 rings (SSSR count). The Kier molecular flexibility index (Phi) is 4.28. The van der Waals surface area contributed by atoms with E-state index < -0.39 is 6.17 Å². The number of rotatable bonds is 4. The normalized spacial score (nSPS) is 13.2. The van der Waals surface area contributed by atoms with Gasteiger partial charge in [-0.2, -0.15) is 0 Å². The molecule has 0 bridgehead atoms. The Balaban J connectivity index is 3.45. The Morgan fingerprint density at radius 2 is 2.11 bits per heavy atom. The summed E-state index contributed by atoms with van der Waals surface area (Å²) >= 11 is 0. The van der Waals surface area contributed by atoms with E-state index in [1.54, 1.807) is 6.92 Å². The van der Waals surface area contributed by atoms with Crippen LogP contribution in [-0.2, 0) is 4.79 Å². The molecule has 2 heteroatoms. The molecule has 9 heavy (non-hydrogen) atoms. The van der Waals surface area contributed by atoms with E-state index in [2.05, 4.69) is 0 Å². The maximum atomic E-state index is 12.4. The Hall–Kier alpha value is -0.400. The van der Waals surface area contributed by atoms with Crippen molar-refractivity contribution in [2.75, 3.05) is 0 Å². The monoisotopic (exact) mass is 132 g/mol. The summed E-state index contributed by atoms with van der Waals surface area (Å²) in [4.78, 5) is 10.5. The minimum atomic E-state index is -1.21. The van der Waals surface area contributed by atoms with Crippen LogP contribution in [-0.4, -0.2) is 12.0 Å². The highest BCUT2D eigenvalue weighted by atomic mass is 19.1. The lowest BCUT2D eigenvalue weighted by atomic mass is 10.1. The first kappa shape index (κ1) is 8.60. The fourth-order valence-electron chi connectivity index (χ4n) is 0.636. The van der Waals surface area contributed by atoms with E-state index in [1.165, 1.54) is 0 Å². The number of ketones is 1. The molecule has 0 spiro atoms. The number of halogens is 1. The molecule has 0 saturated carbocycles. The van der Waals surface area contributed by atoms with Crippen LogP contribution < -0.4 is 0 Å². The second-order valence-corrected chi connectivity index (χ2v) is 2.08. The maximum absolute atomic E-state index is 12.4. The smallest absolute Gasteiger partial charge is 0.166 e. The molecular formula is C7H13FO. The summed E-state index contributed by atoms with van der Waals surface area (Å²) in [6, 6.07) is 0. The molecule has 0 aliphatic heterocycles. The number of alkyl halides is 1. The first-order chi connectivity index (χ1) is 4.22. The average molecular weight is 132 g/mol. The Labute approximate surface area is 55.3 Å². The summed E-state index contributed by atoms with van der Waals surface area (Å²) in [6.07, 6.45) is 0.237. The summed E-state index contributed by atoms with van der Waals surface area (Å²) in [6.45, 7) is 3.56. The van der Waals surface area contributed by atoms with Crippen LogP contribution in [0.3, 0.4) is 0 Å². The van der Waals surface area contributed by atoms with E-state index in [0.29, 0.717) is 12.8 Å². The minimum absolute atomic E-state index is 0.267. The fourth-order valence-corrected chi connectivity index (χ4v) is 0.636. The largest absolute Gasteiger partial charge is 0.296 e. The van der Waals surface area contributed by atoms with Gasteiger partial charge in [0, 0.05) is 6.42 Å². The van der Waals surface area contributed by atoms with Crippen molar-refractivity contribution in [2.24, 2.45) is 0 Å². The molecule has 0 aliphatic rings. The second-order valence-electron chi connectivity index (χ2n) is 2.08. The summed E-state index contributed by atoms with van der Waals surface area (Å²) in [5.41, 5.74) is 0. The predicted molar refractivity (Wildman–Crippen MR) is 35.1 cm³/mol. The first-order valence-corrected chi connectivity index (χ1v) is 3.39. The van der Waals surface area contributed by atoms with Crippen LogP contribution in [0.15, 0.2) is 0 Å². The highest BCUT2D eigenvalue weighted by molar-refractivity contribution is 5.82. The van der Waals surface area contributed by atoms with Crippen molar-refractivity contribution in [3.63, 3.8) is 0 Å². The van der Waals surface area contributed by atoms with Crippen LogP contribution in [0.4, 0.5) is 4.39 Å². The SMILES string of the molecule is CCCC(F)C(=O)CC. The summed E-state index contributed by atoms with van der Waals surface area (Å²) in [5, 5.41) is 0. The van der Waals surface area contributed by atoms with Crippen molar-refractivity contribution in [3.8, 4) is 0 Å². The van der Waals surface area contributed by atoms with Crippen LogP contribution in [0, 0.1) is 0 Å². The molecule has 1 nitrogen and oxygen atoms in total. The zero-order valence-corrected chi connectivity index (χ0v) is 5.98. The molecule has 0 radical (unpaired) electrons. The highest BCUT2D eigenvalue weighted by Gasteiger charge is 2.12. The standard InChI is InChI=1S/C7H13FO/c1-3-5-6(8)7(9)4-2/h6H,3-5H2,1-2H3. The molecule has 0 aromatic heterocycles. The van der Waals surface area contributed by atoms with Gasteiger partial charge in [0.2, 0.25) is 0 Å². The van der Waals surface area contributed by atoms with Gasteiger partial charge in [0.1, 0.15) is 0 Å². The van der Waals surface area contributed by atoms with E-state index in [1.807, 2.05) is 6.92 Å². The predicted octanol–water partition coefficient (Wildman–Crippen LogP) is 2.10. The topological polar surface area (TPSA) is 17.1 Å². The number of carbonyl (C=O) groups excluding carboxylic acids is 1. The van der Waals surface area contributed by atoms with Gasteiger partial charge in [-0.1, -0.05) is 20.3 Å². The van der Waals surface area contributed by atoms with Gasteiger partial charge in [-0.05, 0) is 6.42 Å². The molecule has 0 fully saturated rings. The molecule has 0 N–H and O–H groups in total. The van der Waals surface area contributed by atoms with Crippen molar-refractivity contribution in [2.45, 2.75) is 39.3 Å². The Morgan fingerprint density at radius 3 is 2.44 bits per heavy atom. The lowest BCUT2D eigenvalue weighted by Gasteiger charge is -2.00. The van der Waals surface area contributed by atoms with Gasteiger partial charge >= 0.3 is 0 Å². The van der Waals surface area contributed by atoms with Gasteiger partial charge in [-0.25, -0.2) is 4.39 Å². The van der Waals surface area contributed by atoms with Crippen LogP contribution in [0.1, 0.15) is 33.1 Å². The molecule has 0 amide bonds. The third kappa shape index (κ3) is 3.22. The van der Waals surface area contributed by atoms with Crippen molar-refractivity contribution >= 4 is 5.78 Å². The van der Waals surface area contributed by atoms with Gasteiger partial charge < -0.3 is 0 Å². The third-order valence-electron chi connectivity index (χ3n) is 1.24. The van der Waals surface area contributed by atoms with Crippen LogP contribution in [0.5, 0.6) is 0 Å². The molecule has 1 unspecified atom stereocenters. The van der Waals surface area contributed by atoms with Crippen molar-refractivity contribution in [1.82, 2.24) is 0 Å². The number of hydrogen-bond acceptors (Lipinski definition) is 1. The summed E-state index contributed by atoms with van der Waals surface area (Å²) < 4.78 is 12.4. The molecule has 54 valence electrons. The first-order valence-electron chi connectivity index (χ1n) is 3.39. The summed E-state index contributed by atoms with van der Waals surface area (Å²) in [7, 11) is 0. The molecule has 0 aromatic rings. The van der Waals surface area contributed by atoms with Crippen molar-refractivity contribution < 1.29 is 9.18 Å². The van der Waals surface area contributed by atoms with Gasteiger partial charge in [0.05, 0.1) is 0 Å². The lowest BCUT2D eigenvalue weighted by molar-refractivity contribution is -0.123. The molecule has 1 atom stereocenters. The number of carbonyl (C=O) groups is 1. The van der Waals surface area contributed by atoms with E-state index in [9.17, 15) is 9.18 Å². The fraction of sp³-hybridized carbons (Fsp3) is 0.857. The highest BCUT2D eigenvalue weighted by Crippen LogP contribution is 2.04. The van der Waals surface area contributed by atoms with Crippen LogP contribution in [0.2, 0.25) is 0 Å². The van der Waals surface area contributed by atoms with Gasteiger partial charge in [-0.3, -0.25) is 4.79 Å². The Morgan fingerprint density at radius 1 is 1.56 bits per heavy atom. The van der Waals surface area contributed by atoms with Crippen LogP contribution in [0.25, 0.3) is 0 Å². The Bertz CT molecular complexity index is 90.9. The molecule has 0 heterocycles. The zero-order chi connectivity index (χ0) is 7.28. The second kappa shape index (κ2) is 4.48. The number of hydrogen-bond donors (Lipinski definition) is 0. The average Bonchev–Trinajstić information content (AvgIpc) is 1.87. The van der Waals surface area contributed by atoms with Crippen molar-refractivity contribution in [1.29, 1.82) is 0 Å². The third-order valence-corrected chi connectivity index (χ3v) is 1.24. The quantitative estimate of drug-likeness (QED) is 0.572. The van der Waals surface area contributed by atoms with Gasteiger partial charge in [-0.15, -0.1) is 0 Å². The van der Waals surface area contributed by atoms with Crippen molar-refractivity contribution in [3.05, 3.63) is 0 Å². The van der Waals surface area contributed by atoms with E-state index in [0.717, 1.165) is 6.42 Å². The van der Waals surface area contributed by atoms with E-state index >= 15 is 0 Å². The lowest BCUT2D eigenvalue weighted by Crippen LogP contribution is -2.13. The zero-order valence-electron chi connectivity index (χ0n) is 5.98. The van der Waals surface area contributed by atoms with E-state index in [-0.39, 0.29) is 5.78 Å². The summed E-state index contributed by atoms with van der Waals surface area (Å²) in [5.74, 6) is -0.267. The minimum Gasteiger partial charge on any atom is -0.296 e. The molecular weight excluding hydrogens is 119 g/mol. The maximum Gasteiger partial charge on any atom is 0.166 e. The number of Topliss-reactive ketones (excluding diaryl/α,β-unsaturated/α-hetero) is 1. The van der Waals surface area contributed by atoms with Gasteiger partial charge in [0.25, 0.3) is 0 Å². The molecule has 0 aromatic carbocycles. The van der Waals surface area contributed by atoms with Gasteiger partial charge in [0.15, 0.2) is 12.0 Å². The molecule has 0 saturated heterocycles. The van der Waals surface area contributed by atoms with E-state index in [4.69, 9.17) is 0 Å². The molecule has 0 aliphatic carbocycles.